The highest BCUT2D eigenvalue weighted by Gasteiger charge is 2.59. The number of carbonyl (C=O) groups is 2. The summed E-state index contributed by atoms with van der Waals surface area (Å²) in [6, 6.07) is 4.53. The molecule has 1 aliphatic heterocycles. The lowest BCUT2D eigenvalue weighted by atomic mass is 9.78. The highest BCUT2D eigenvalue weighted by molar-refractivity contribution is 7.91. The molecule has 0 bridgehead atoms. The van der Waals surface area contributed by atoms with E-state index in [0.29, 0.717) is 0 Å². The number of carbonyl (C=O) groups excluding carboxylic acids is 2. The SMILES string of the molecule is CS(=O)(=O)CC(=O)NCC1=C(c2ncc(C3CC3)s2)C[C@](c2ccc(OCCCC(F)(F)F)cc2)(C(F)(F)F)NC1=O. The molecule has 2 amide bonds. The molecule has 1 aliphatic carbocycles. The molecule has 8 nitrogen and oxygen atoms in total. The monoisotopic (exact) mass is 639 g/mol. The minimum Gasteiger partial charge on any atom is -0.494 e. The number of ether oxygens (including phenoxy) is 1. The molecule has 16 heteroatoms. The molecule has 0 radical (unpaired) electrons. The molecular weight excluding hydrogens is 612 g/mol. The second-order valence-corrected chi connectivity index (χ2v) is 13.5. The van der Waals surface area contributed by atoms with Crippen molar-refractivity contribution in [2.24, 2.45) is 0 Å². The van der Waals surface area contributed by atoms with E-state index in [-0.39, 0.29) is 46.4 Å². The summed E-state index contributed by atoms with van der Waals surface area (Å²) < 4.78 is 110. The average molecular weight is 640 g/mol. The largest absolute Gasteiger partial charge is 0.494 e. The van der Waals surface area contributed by atoms with Crippen LogP contribution < -0.4 is 15.4 Å². The molecule has 4 rings (SSSR count). The van der Waals surface area contributed by atoms with E-state index in [4.69, 9.17) is 4.74 Å². The molecule has 1 saturated carbocycles. The van der Waals surface area contributed by atoms with Gasteiger partial charge >= 0.3 is 12.4 Å². The number of amides is 2. The third-order valence-corrected chi connectivity index (χ3v) is 8.73. The zero-order chi connectivity index (χ0) is 30.9. The molecule has 0 unspecified atom stereocenters. The number of halogens is 6. The first-order valence-electron chi connectivity index (χ1n) is 12.8. The fourth-order valence-electron chi connectivity index (χ4n) is 4.48. The van der Waals surface area contributed by atoms with Crippen LogP contribution in [0.3, 0.4) is 0 Å². The third-order valence-electron chi connectivity index (χ3n) is 6.73. The maximum atomic E-state index is 14.8. The Morgan fingerprint density at radius 3 is 2.40 bits per heavy atom. The van der Waals surface area contributed by atoms with Gasteiger partial charge in [0, 0.05) is 47.9 Å². The minimum absolute atomic E-state index is 0.0416. The maximum Gasteiger partial charge on any atom is 0.416 e. The summed E-state index contributed by atoms with van der Waals surface area (Å²) >= 11 is 1.16. The Balaban J connectivity index is 1.65. The van der Waals surface area contributed by atoms with E-state index in [1.54, 1.807) is 6.20 Å². The Bertz CT molecular complexity index is 1460. The summed E-state index contributed by atoms with van der Waals surface area (Å²) in [6.07, 6.45) is -7.33. The van der Waals surface area contributed by atoms with Crippen molar-refractivity contribution in [3.05, 3.63) is 51.5 Å². The van der Waals surface area contributed by atoms with Gasteiger partial charge in [-0.1, -0.05) is 12.1 Å². The molecular formula is C26H27F6N3O5S2. The van der Waals surface area contributed by atoms with E-state index in [0.717, 1.165) is 47.4 Å². The number of aromatic nitrogens is 1. The standard InChI is InChI=1S/C26H27F6N3O5S2/c1-42(38,39)14-21(36)33-12-19-18(23-34-13-20(41-23)15-3-4-15)11-24(26(30,31)32,35-22(19)37)16-5-7-17(8-6-16)40-10-2-9-25(27,28)29/h5-8,13,15H,2-4,9-12,14H2,1H3,(H,33,36)(H,35,37)/t24-/m0/s1. The molecule has 1 aromatic heterocycles. The molecule has 230 valence electrons. The van der Waals surface area contributed by atoms with Crippen molar-refractivity contribution in [3.8, 4) is 5.75 Å². The molecule has 2 heterocycles. The van der Waals surface area contributed by atoms with E-state index in [1.165, 1.54) is 12.1 Å². The molecule has 0 spiro atoms. The van der Waals surface area contributed by atoms with Gasteiger partial charge in [0.2, 0.25) is 11.8 Å². The summed E-state index contributed by atoms with van der Waals surface area (Å²) in [5, 5.41) is 4.54. The van der Waals surface area contributed by atoms with Gasteiger partial charge in [0.15, 0.2) is 15.4 Å². The van der Waals surface area contributed by atoms with Crippen LogP contribution in [0.5, 0.6) is 5.75 Å². The summed E-state index contributed by atoms with van der Waals surface area (Å²) in [7, 11) is -3.69. The van der Waals surface area contributed by atoms with E-state index in [1.807, 2.05) is 0 Å². The van der Waals surface area contributed by atoms with Crippen molar-refractivity contribution in [1.82, 2.24) is 15.6 Å². The third kappa shape index (κ3) is 7.82. The predicted molar refractivity (Wildman–Crippen MR) is 141 cm³/mol. The van der Waals surface area contributed by atoms with E-state index in [2.05, 4.69) is 15.6 Å². The van der Waals surface area contributed by atoms with Gasteiger partial charge < -0.3 is 15.4 Å². The van der Waals surface area contributed by atoms with Crippen LogP contribution in [0.4, 0.5) is 26.3 Å². The highest BCUT2D eigenvalue weighted by atomic mass is 32.2. The molecule has 2 N–H and O–H groups in total. The van der Waals surface area contributed by atoms with Crippen molar-refractivity contribution in [2.75, 3.05) is 25.2 Å². The van der Waals surface area contributed by atoms with Gasteiger partial charge in [-0.3, -0.25) is 9.59 Å². The minimum atomic E-state index is -5.01. The second kappa shape index (κ2) is 11.9. The van der Waals surface area contributed by atoms with Crippen LogP contribution in [0.1, 0.15) is 53.5 Å². The highest BCUT2D eigenvalue weighted by Crippen LogP contribution is 2.50. The van der Waals surface area contributed by atoms with Gasteiger partial charge in [-0.2, -0.15) is 26.3 Å². The van der Waals surface area contributed by atoms with Gasteiger partial charge in [0.25, 0.3) is 0 Å². The number of benzene rings is 1. The topological polar surface area (TPSA) is 114 Å². The number of nitrogens with zero attached hydrogens (tertiary/aromatic N) is 1. The number of hydrogen-bond acceptors (Lipinski definition) is 7. The Labute approximate surface area is 241 Å². The zero-order valence-corrected chi connectivity index (χ0v) is 23.8. The van der Waals surface area contributed by atoms with Crippen LogP contribution in [-0.2, 0) is 25.0 Å². The fourth-order valence-corrected chi connectivity index (χ4v) is 6.21. The Morgan fingerprint density at radius 1 is 1.17 bits per heavy atom. The van der Waals surface area contributed by atoms with Crippen LogP contribution in [0.2, 0.25) is 0 Å². The zero-order valence-electron chi connectivity index (χ0n) is 22.2. The molecule has 42 heavy (non-hydrogen) atoms. The summed E-state index contributed by atoms with van der Waals surface area (Å²) in [5.74, 6) is -2.61. The van der Waals surface area contributed by atoms with Crippen molar-refractivity contribution in [3.63, 3.8) is 0 Å². The van der Waals surface area contributed by atoms with Crippen molar-refractivity contribution < 1.29 is 49.1 Å². The van der Waals surface area contributed by atoms with Crippen LogP contribution >= 0.6 is 11.3 Å². The van der Waals surface area contributed by atoms with Gasteiger partial charge in [0.05, 0.1) is 6.61 Å². The normalized spacial score (nSPS) is 19.9. The molecule has 1 fully saturated rings. The van der Waals surface area contributed by atoms with Crippen LogP contribution in [0, 0.1) is 0 Å². The molecule has 2 aromatic rings. The second-order valence-electron chi connectivity index (χ2n) is 10.3. The van der Waals surface area contributed by atoms with E-state index < -0.39 is 64.7 Å². The number of alkyl halides is 6. The Morgan fingerprint density at radius 2 is 1.83 bits per heavy atom. The van der Waals surface area contributed by atoms with E-state index >= 15 is 0 Å². The van der Waals surface area contributed by atoms with Crippen LogP contribution in [0.25, 0.3) is 5.57 Å². The van der Waals surface area contributed by atoms with Gasteiger partial charge in [-0.05, 0) is 42.9 Å². The Hall–Kier alpha value is -3.14. The molecule has 0 saturated heterocycles. The fraction of sp³-hybridized carbons (Fsp3) is 0.500. The van der Waals surface area contributed by atoms with Crippen LogP contribution in [0.15, 0.2) is 36.0 Å². The van der Waals surface area contributed by atoms with Gasteiger partial charge in [0.1, 0.15) is 16.5 Å². The van der Waals surface area contributed by atoms with Crippen molar-refractivity contribution >= 4 is 38.6 Å². The first-order chi connectivity index (χ1) is 19.5. The predicted octanol–water partition coefficient (Wildman–Crippen LogP) is 4.63. The van der Waals surface area contributed by atoms with Gasteiger partial charge in [-0.25, -0.2) is 13.4 Å². The smallest absolute Gasteiger partial charge is 0.416 e. The van der Waals surface area contributed by atoms with Gasteiger partial charge in [-0.15, -0.1) is 11.3 Å². The van der Waals surface area contributed by atoms with Crippen molar-refractivity contribution in [2.45, 2.75) is 55.9 Å². The summed E-state index contributed by atoms with van der Waals surface area (Å²) in [6.45, 7) is -0.818. The number of nitrogens with one attached hydrogen (secondary N) is 2. The Kier molecular flexibility index (Phi) is 8.98. The van der Waals surface area contributed by atoms with E-state index in [9.17, 15) is 44.3 Å². The molecule has 1 atom stereocenters. The lowest BCUT2D eigenvalue weighted by Gasteiger charge is -2.41. The molecule has 1 aromatic carbocycles. The van der Waals surface area contributed by atoms with Crippen molar-refractivity contribution in [1.29, 1.82) is 0 Å². The number of thiazole rings is 1. The molecule has 2 aliphatic rings. The lowest BCUT2D eigenvalue weighted by Crippen LogP contribution is -2.59. The first-order valence-corrected chi connectivity index (χ1v) is 15.7. The van der Waals surface area contributed by atoms with Crippen LogP contribution in [-0.4, -0.2) is 62.7 Å². The quantitative estimate of drug-likeness (QED) is 0.274. The summed E-state index contributed by atoms with van der Waals surface area (Å²) in [5.41, 5.74) is -3.47. The lowest BCUT2D eigenvalue weighted by molar-refractivity contribution is -0.201. The number of hydrogen-bond donors (Lipinski definition) is 2. The number of rotatable bonds is 11. The summed E-state index contributed by atoms with van der Waals surface area (Å²) in [4.78, 5) is 30.6. The first kappa shape index (κ1) is 31.8. The number of sulfone groups is 1. The maximum absolute atomic E-state index is 14.8. The average Bonchev–Trinajstić information content (AvgIpc) is 3.60.